The van der Waals surface area contributed by atoms with Crippen LogP contribution in [0.5, 0.6) is 0 Å². The van der Waals surface area contributed by atoms with Crippen LogP contribution in [-0.4, -0.2) is 74.0 Å². The predicted molar refractivity (Wildman–Crippen MR) is 99.3 cm³/mol. The van der Waals surface area contributed by atoms with Crippen molar-refractivity contribution in [3.05, 3.63) is 36.4 Å². The van der Waals surface area contributed by atoms with E-state index in [1.807, 2.05) is 33.7 Å². The van der Waals surface area contributed by atoms with Gasteiger partial charge in [-0.25, -0.2) is 4.98 Å². The van der Waals surface area contributed by atoms with E-state index in [2.05, 4.69) is 20.4 Å². The number of methoxy groups -OCH3 is 1. The molecule has 1 amide bonds. The molecule has 0 aliphatic carbocycles. The van der Waals surface area contributed by atoms with Gasteiger partial charge < -0.3 is 18.9 Å². The molecule has 1 aromatic carbocycles. The van der Waals surface area contributed by atoms with Crippen molar-refractivity contribution in [3.63, 3.8) is 0 Å². The normalized spacial score (nSPS) is 17.3. The van der Waals surface area contributed by atoms with E-state index in [-0.39, 0.29) is 12.0 Å². The van der Waals surface area contributed by atoms with E-state index in [9.17, 15) is 4.79 Å². The lowest BCUT2D eigenvalue weighted by Crippen LogP contribution is -2.42. The van der Waals surface area contributed by atoms with E-state index in [0.717, 1.165) is 11.0 Å². The summed E-state index contributed by atoms with van der Waals surface area (Å²) in [5.41, 5.74) is 1.97. The van der Waals surface area contributed by atoms with Gasteiger partial charge in [-0.3, -0.25) is 4.79 Å². The lowest BCUT2D eigenvalue weighted by molar-refractivity contribution is -0.139. The van der Waals surface area contributed by atoms with Crippen LogP contribution in [-0.2, 0) is 27.4 Å². The minimum absolute atomic E-state index is 0.0813. The number of aromatic nitrogens is 6. The monoisotopic (exact) mass is 385 g/mol. The van der Waals surface area contributed by atoms with Gasteiger partial charge in [-0.1, -0.05) is 12.1 Å². The number of aryl methyl sites for hydroxylation is 1. The van der Waals surface area contributed by atoms with Crippen LogP contribution in [0.4, 0.5) is 0 Å². The molecular weight excluding hydrogens is 362 g/mol. The molecule has 1 aliphatic rings. The van der Waals surface area contributed by atoms with Crippen LogP contribution in [0.25, 0.3) is 11.0 Å². The zero-order valence-electron chi connectivity index (χ0n) is 15.8. The highest BCUT2D eigenvalue weighted by Crippen LogP contribution is 2.19. The third kappa shape index (κ3) is 4.02. The molecule has 3 aromatic rings. The van der Waals surface area contributed by atoms with Crippen LogP contribution in [0.3, 0.4) is 0 Å². The number of tetrazole rings is 1. The maximum atomic E-state index is 12.7. The molecule has 0 N–H and O–H groups in total. The summed E-state index contributed by atoms with van der Waals surface area (Å²) < 4.78 is 12.8. The molecule has 0 spiro atoms. The van der Waals surface area contributed by atoms with Crippen LogP contribution < -0.4 is 0 Å². The molecule has 148 valence electrons. The Morgan fingerprint density at radius 2 is 2.21 bits per heavy atom. The summed E-state index contributed by atoms with van der Waals surface area (Å²) >= 11 is 0. The van der Waals surface area contributed by atoms with E-state index >= 15 is 0 Å². The number of fused-ring (bicyclic) bond motifs is 1. The fourth-order valence-corrected chi connectivity index (χ4v) is 3.25. The van der Waals surface area contributed by atoms with Crippen LogP contribution in [0.15, 0.2) is 30.6 Å². The lowest BCUT2D eigenvalue weighted by atomic mass is 10.2. The van der Waals surface area contributed by atoms with E-state index in [4.69, 9.17) is 9.47 Å². The first-order chi connectivity index (χ1) is 13.7. The van der Waals surface area contributed by atoms with Gasteiger partial charge in [-0.05, 0) is 17.3 Å². The van der Waals surface area contributed by atoms with Gasteiger partial charge in [0.2, 0.25) is 11.7 Å². The fourth-order valence-electron chi connectivity index (χ4n) is 3.25. The second kappa shape index (κ2) is 8.44. The first-order valence-electron chi connectivity index (χ1n) is 9.30. The number of nitrogens with zero attached hydrogens (tertiary/aromatic N) is 7. The zero-order chi connectivity index (χ0) is 19.3. The second-order valence-corrected chi connectivity index (χ2v) is 6.61. The molecule has 2 aromatic heterocycles. The van der Waals surface area contributed by atoms with Crippen molar-refractivity contribution < 1.29 is 14.3 Å². The number of para-hydroxylation sites is 2. The summed E-state index contributed by atoms with van der Waals surface area (Å²) in [7, 11) is 1.62. The number of morpholine rings is 1. The highest BCUT2D eigenvalue weighted by molar-refractivity contribution is 5.77. The van der Waals surface area contributed by atoms with E-state index in [1.54, 1.807) is 13.4 Å². The van der Waals surface area contributed by atoms with Gasteiger partial charge in [0.05, 0.1) is 43.7 Å². The molecule has 3 heterocycles. The standard InChI is InChI=1S/C18H23N7O3/c1-27-10-9-25-21-18(20-22-25)16-12-23(8-11-28-16)17(26)6-7-24-13-19-14-4-2-3-5-15(14)24/h2-5,13,16H,6-12H2,1H3. The van der Waals surface area contributed by atoms with E-state index in [0.29, 0.717) is 51.6 Å². The molecule has 0 bridgehead atoms. The number of imidazole rings is 1. The Morgan fingerprint density at radius 1 is 1.32 bits per heavy atom. The molecule has 28 heavy (non-hydrogen) atoms. The number of amides is 1. The van der Waals surface area contributed by atoms with Crippen molar-refractivity contribution in [2.75, 3.05) is 33.4 Å². The maximum Gasteiger partial charge on any atom is 0.224 e. The van der Waals surface area contributed by atoms with Crippen molar-refractivity contribution in [1.82, 2.24) is 34.7 Å². The summed E-state index contributed by atoms with van der Waals surface area (Å²) in [6.07, 6.45) is 1.83. The summed E-state index contributed by atoms with van der Waals surface area (Å²) in [6, 6.07) is 7.91. The topological polar surface area (TPSA) is 100 Å². The van der Waals surface area contributed by atoms with Gasteiger partial charge in [0.1, 0.15) is 6.10 Å². The van der Waals surface area contributed by atoms with Crippen molar-refractivity contribution >= 4 is 16.9 Å². The van der Waals surface area contributed by atoms with E-state index < -0.39 is 0 Å². The number of hydrogen-bond donors (Lipinski definition) is 0. The number of ether oxygens (including phenoxy) is 2. The Bertz CT molecular complexity index is 938. The number of carbonyl (C=O) groups excluding carboxylic acids is 1. The quantitative estimate of drug-likeness (QED) is 0.589. The molecule has 1 fully saturated rings. The van der Waals surface area contributed by atoms with Crippen molar-refractivity contribution in [1.29, 1.82) is 0 Å². The largest absolute Gasteiger partial charge is 0.383 e. The van der Waals surface area contributed by atoms with Gasteiger partial charge in [-0.15, -0.1) is 10.2 Å². The summed E-state index contributed by atoms with van der Waals surface area (Å²) in [4.78, 5) is 20.4. The third-order valence-electron chi connectivity index (χ3n) is 4.76. The summed E-state index contributed by atoms with van der Waals surface area (Å²) in [5, 5.41) is 12.4. The average molecular weight is 385 g/mol. The van der Waals surface area contributed by atoms with Gasteiger partial charge in [-0.2, -0.15) is 4.80 Å². The average Bonchev–Trinajstić information content (AvgIpc) is 3.38. The minimum Gasteiger partial charge on any atom is -0.383 e. The highest BCUT2D eigenvalue weighted by atomic mass is 16.5. The lowest BCUT2D eigenvalue weighted by Gasteiger charge is -2.31. The zero-order valence-corrected chi connectivity index (χ0v) is 15.8. The predicted octanol–water partition coefficient (Wildman–Crippen LogP) is 0.659. The Labute approximate surface area is 162 Å². The molecule has 1 atom stereocenters. The third-order valence-corrected chi connectivity index (χ3v) is 4.76. The Balaban J connectivity index is 1.34. The molecule has 10 heteroatoms. The minimum atomic E-state index is -0.358. The molecular formula is C18H23N7O3. The number of benzene rings is 1. The molecule has 0 saturated carbocycles. The number of carbonyl (C=O) groups is 1. The second-order valence-electron chi connectivity index (χ2n) is 6.61. The fraction of sp³-hybridized carbons (Fsp3) is 0.500. The van der Waals surface area contributed by atoms with Gasteiger partial charge in [0.25, 0.3) is 0 Å². The Kier molecular flexibility index (Phi) is 5.58. The first-order valence-corrected chi connectivity index (χ1v) is 9.30. The van der Waals surface area contributed by atoms with Crippen LogP contribution >= 0.6 is 0 Å². The van der Waals surface area contributed by atoms with Gasteiger partial charge in [0, 0.05) is 26.6 Å². The first kappa shape index (κ1) is 18.5. The highest BCUT2D eigenvalue weighted by Gasteiger charge is 2.28. The Morgan fingerprint density at radius 3 is 3.11 bits per heavy atom. The molecule has 1 saturated heterocycles. The molecule has 0 radical (unpaired) electrons. The van der Waals surface area contributed by atoms with Crippen molar-refractivity contribution in [2.24, 2.45) is 0 Å². The van der Waals surface area contributed by atoms with Crippen LogP contribution in [0.1, 0.15) is 18.3 Å². The molecule has 10 nitrogen and oxygen atoms in total. The number of hydrogen-bond acceptors (Lipinski definition) is 7. The van der Waals surface area contributed by atoms with Gasteiger partial charge >= 0.3 is 0 Å². The molecule has 4 rings (SSSR count). The molecule has 1 unspecified atom stereocenters. The Hall–Kier alpha value is -2.85. The van der Waals surface area contributed by atoms with E-state index in [1.165, 1.54) is 4.80 Å². The van der Waals surface area contributed by atoms with Crippen molar-refractivity contribution in [3.8, 4) is 0 Å². The van der Waals surface area contributed by atoms with Crippen LogP contribution in [0.2, 0.25) is 0 Å². The SMILES string of the molecule is COCCn1nnc(C2CN(C(=O)CCn3cnc4ccccc43)CCO2)n1. The van der Waals surface area contributed by atoms with Gasteiger partial charge in [0.15, 0.2) is 0 Å². The van der Waals surface area contributed by atoms with Crippen molar-refractivity contribution in [2.45, 2.75) is 25.6 Å². The molecule has 1 aliphatic heterocycles. The number of rotatable bonds is 7. The maximum absolute atomic E-state index is 12.7. The smallest absolute Gasteiger partial charge is 0.224 e. The summed E-state index contributed by atoms with van der Waals surface area (Å²) in [5.74, 6) is 0.576. The summed E-state index contributed by atoms with van der Waals surface area (Å²) in [6.45, 7) is 3.08. The van der Waals surface area contributed by atoms with Crippen LogP contribution in [0, 0.1) is 0 Å².